The molecule has 0 saturated carbocycles. The van der Waals surface area contributed by atoms with E-state index in [9.17, 15) is 24.3 Å². The Morgan fingerprint density at radius 1 is 0.867 bits per heavy atom. The summed E-state index contributed by atoms with van der Waals surface area (Å²) < 4.78 is 0. The minimum Gasteiger partial charge on any atom is -0.508 e. The zero-order valence-corrected chi connectivity index (χ0v) is 16.4. The Balaban J connectivity index is 1.30. The van der Waals surface area contributed by atoms with E-state index in [0.717, 1.165) is 0 Å². The molecule has 1 aliphatic heterocycles. The number of fused-ring (bicyclic) bond motifs is 1. The molecule has 0 saturated heterocycles. The van der Waals surface area contributed by atoms with Crippen LogP contribution in [0.5, 0.6) is 5.75 Å². The lowest BCUT2D eigenvalue weighted by Gasteiger charge is -2.13. The number of imide groups is 1. The fraction of sp³-hybridized carbons (Fsp3) is 0.273. The number of carbonyl (C=O) groups excluding carboxylic acids is 4. The smallest absolute Gasteiger partial charge is 0.261 e. The summed E-state index contributed by atoms with van der Waals surface area (Å²) in [6.45, 7) is 0.968. The maximum Gasteiger partial charge on any atom is 0.261 e. The first-order chi connectivity index (χ1) is 14.5. The second-order valence-corrected chi connectivity index (χ2v) is 6.92. The van der Waals surface area contributed by atoms with Crippen LogP contribution in [0.3, 0.4) is 0 Å². The number of amides is 4. The number of hydrogen-bond donors (Lipinski definition) is 3. The van der Waals surface area contributed by atoms with Crippen LogP contribution in [0.2, 0.25) is 0 Å². The predicted octanol–water partition coefficient (Wildman–Crippen LogP) is 1.70. The van der Waals surface area contributed by atoms with Gasteiger partial charge in [-0.05, 0) is 43.2 Å². The monoisotopic (exact) mass is 409 g/mol. The van der Waals surface area contributed by atoms with Gasteiger partial charge in [-0.2, -0.15) is 0 Å². The number of aromatic hydroxyl groups is 1. The van der Waals surface area contributed by atoms with Crippen molar-refractivity contribution in [3.8, 4) is 5.75 Å². The lowest BCUT2D eigenvalue weighted by Crippen LogP contribution is -2.32. The number of benzene rings is 2. The molecule has 8 heteroatoms. The van der Waals surface area contributed by atoms with E-state index in [0.29, 0.717) is 42.6 Å². The van der Waals surface area contributed by atoms with Gasteiger partial charge in [0.15, 0.2) is 0 Å². The molecule has 4 amide bonds. The highest BCUT2D eigenvalue weighted by molar-refractivity contribution is 6.21. The van der Waals surface area contributed by atoms with Gasteiger partial charge in [0.2, 0.25) is 5.91 Å². The van der Waals surface area contributed by atoms with Crippen LogP contribution < -0.4 is 10.6 Å². The average molecular weight is 409 g/mol. The average Bonchev–Trinajstić information content (AvgIpc) is 2.98. The Morgan fingerprint density at radius 2 is 1.53 bits per heavy atom. The van der Waals surface area contributed by atoms with Gasteiger partial charge in [-0.1, -0.05) is 18.2 Å². The first-order valence-electron chi connectivity index (χ1n) is 9.76. The second-order valence-electron chi connectivity index (χ2n) is 6.92. The number of nitrogens with zero attached hydrogens (tertiary/aromatic N) is 1. The minimum atomic E-state index is -0.321. The van der Waals surface area contributed by atoms with Crippen LogP contribution in [-0.2, 0) is 4.79 Å². The third-order valence-electron chi connectivity index (χ3n) is 4.73. The molecule has 156 valence electrons. The number of phenols is 1. The molecule has 1 heterocycles. The number of rotatable bonds is 9. The summed E-state index contributed by atoms with van der Waals surface area (Å²) in [6, 6.07) is 12.7. The lowest BCUT2D eigenvalue weighted by atomic mass is 10.1. The summed E-state index contributed by atoms with van der Waals surface area (Å²) in [5.41, 5.74) is 1.17. The Bertz CT molecular complexity index is 938. The zero-order valence-electron chi connectivity index (χ0n) is 16.4. The van der Waals surface area contributed by atoms with Gasteiger partial charge in [-0.3, -0.25) is 24.1 Å². The number of phenolic OH excluding ortho intramolecular Hbond substituents is 1. The van der Waals surface area contributed by atoms with Gasteiger partial charge in [0.05, 0.1) is 11.1 Å². The fourth-order valence-corrected chi connectivity index (χ4v) is 3.20. The predicted molar refractivity (Wildman–Crippen MR) is 109 cm³/mol. The number of carbonyl (C=O) groups is 4. The van der Waals surface area contributed by atoms with Crippen molar-refractivity contribution in [3.05, 3.63) is 65.2 Å². The standard InChI is InChI=1S/C22H23N3O5/c26-16-7-3-6-15(14-16)20(28)24-12-5-11-23-19(27)10-4-13-25-21(29)17-8-1-2-9-18(17)22(25)30/h1-3,6-9,14,26H,4-5,10-13H2,(H,23,27)(H,24,28). The first kappa shape index (κ1) is 21.0. The molecule has 3 N–H and O–H groups in total. The van der Waals surface area contributed by atoms with Crippen LogP contribution in [0.15, 0.2) is 48.5 Å². The maximum atomic E-state index is 12.3. The van der Waals surface area contributed by atoms with Crippen molar-refractivity contribution >= 4 is 23.6 Å². The van der Waals surface area contributed by atoms with E-state index in [1.165, 1.54) is 17.0 Å². The third kappa shape index (κ3) is 5.02. The molecule has 0 spiro atoms. The van der Waals surface area contributed by atoms with Crippen LogP contribution in [0.25, 0.3) is 0 Å². The van der Waals surface area contributed by atoms with Gasteiger partial charge in [0.25, 0.3) is 17.7 Å². The molecule has 0 bridgehead atoms. The number of hydrogen-bond acceptors (Lipinski definition) is 5. The molecule has 8 nitrogen and oxygen atoms in total. The molecule has 0 fully saturated rings. The van der Waals surface area contributed by atoms with E-state index in [-0.39, 0.29) is 42.3 Å². The van der Waals surface area contributed by atoms with E-state index < -0.39 is 0 Å². The van der Waals surface area contributed by atoms with Gasteiger partial charge in [-0.15, -0.1) is 0 Å². The highest BCUT2D eigenvalue weighted by Crippen LogP contribution is 2.22. The quantitative estimate of drug-likeness (QED) is 0.431. The van der Waals surface area contributed by atoms with Gasteiger partial charge >= 0.3 is 0 Å². The van der Waals surface area contributed by atoms with Crippen molar-refractivity contribution < 1.29 is 24.3 Å². The van der Waals surface area contributed by atoms with E-state index in [1.807, 2.05) is 0 Å². The van der Waals surface area contributed by atoms with Gasteiger partial charge in [-0.25, -0.2) is 0 Å². The third-order valence-corrected chi connectivity index (χ3v) is 4.73. The number of nitrogens with one attached hydrogen (secondary N) is 2. The van der Waals surface area contributed by atoms with Crippen LogP contribution in [0.1, 0.15) is 50.3 Å². The molecular weight excluding hydrogens is 386 g/mol. The van der Waals surface area contributed by atoms with Crippen LogP contribution in [0, 0.1) is 0 Å². The van der Waals surface area contributed by atoms with Gasteiger partial charge < -0.3 is 15.7 Å². The van der Waals surface area contributed by atoms with E-state index in [1.54, 1.807) is 36.4 Å². The van der Waals surface area contributed by atoms with Gasteiger partial charge in [0.1, 0.15) is 5.75 Å². The van der Waals surface area contributed by atoms with Crippen molar-refractivity contribution in [2.75, 3.05) is 19.6 Å². The van der Waals surface area contributed by atoms with Crippen molar-refractivity contribution in [1.29, 1.82) is 0 Å². The Kier molecular flexibility index (Phi) is 6.79. The molecule has 2 aromatic rings. The van der Waals surface area contributed by atoms with Crippen LogP contribution in [0.4, 0.5) is 0 Å². The molecule has 0 radical (unpaired) electrons. The Morgan fingerprint density at radius 3 is 2.20 bits per heavy atom. The molecule has 2 aromatic carbocycles. The van der Waals surface area contributed by atoms with Crippen LogP contribution in [-0.4, -0.2) is 53.3 Å². The Labute approximate surface area is 173 Å². The van der Waals surface area contributed by atoms with Crippen molar-refractivity contribution in [2.45, 2.75) is 19.3 Å². The molecule has 0 aromatic heterocycles. The van der Waals surface area contributed by atoms with Crippen LogP contribution >= 0.6 is 0 Å². The van der Waals surface area contributed by atoms with Crippen molar-refractivity contribution in [1.82, 2.24) is 15.5 Å². The van der Waals surface area contributed by atoms with E-state index in [2.05, 4.69) is 10.6 Å². The highest BCUT2D eigenvalue weighted by Gasteiger charge is 2.34. The molecule has 0 aliphatic carbocycles. The van der Waals surface area contributed by atoms with E-state index in [4.69, 9.17) is 0 Å². The summed E-state index contributed by atoms with van der Waals surface area (Å²) in [6.07, 6.45) is 1.13. The summed E-state index contributed by atoms with van der Waals surface area (Å²) in [7, 11) is 0. The summed E-state index contributed by atoms with van der Waals surface area (Å²) in [5, 5.41) is 14.8. The first-order valence-corrected chi connectivity index (χ1v) is 9.76. The maximum absolute atomic E-state index is 12.3. The largest absolute Gasteiger partial charge is 0.508 e. The molecule has 0 unspecified atom stereocenters. The minimum absolute atomic E-state index is 0.0242. The van der Waals surface area contributed by atoms with Crippen molar-refractivity contribution in [3.63, 3.8) is 0 Å². The molecular formula is C22H23N3O5. The molecule has 30 heavy (non-hydrogen) atoms. The SMILES string of the molecule is O=C(CCCN1C(=O)c2ccccc2C1=O)NCCCNC(=O)c1cccc(O)c1. The summed E-state index contributed by atoms with van der Waals surface area (Å²) >= 11 is 0. The van der Waals surface area contributed by atoms with Gasteiger partial charge in [0, 0.05) is 31.6 Å². The van der Waals surface area contributed by atoms with Crippen molar-refractivity contribution in [2.24, 2.45) is 0 Å². The molecule has 1 aliphatic rings. The highest BCUT2D eigenvalue weighted by atomic mass is 16.3. The van der Waals surface area contributed by atoms with E-state index >= 15 is 0 Å². The zero-order chi connectivity index (χ0) is 21.5. The molecule has 0 atom stereocenters. The normalized spacial score (nSPS) is 12.6. The fourth-order valence-electron chi connectivity index (χ4n) is 3.20. The second kappa shape index (κ2) is 9.69. The lowest BCUT2D eigenvalue weighted by molar-refractivity contribution is -0.121. The molecule has 3 rings (SSSR count). The topological polar surface area (TPSA) is 116 Å². The summed E-state index contributed by atoms with van der Waals surface area (Å²) in [4.78, 5) is 49.6. The summed E-state index contributed by atoms with van der Waals surface area (Å²) in [5.74, 6) is -1.09. The Hall–Kier alpha value is -3.68.